The Morgan fingerprint density at radius 2 is 1.70 bits per heavy atom. The summed E-state index contributed by atoms with van der Waals surface area (Å²) in [5.41, 5.74) is 1.49. The summed E-state index contributed by atoms with van der Waals surface area (Å²) in [6.07, 6.45) is 0. The number of pyridine rings is 1. The summed E-state index contributed by atoms with van der Waals surface area (Å²) >= 11 is 0. The second-order valence-electron chi connectivity index (χ2n) is 4.73. The van der Waals surface area contributed by atoms with Gasteiger partial charge in [0, 0.05) is 5.69 Å². The minimum absolute atomic E-state index is 0.189. The molecular formula is C17H13NO2. The van der Waals surface area contributed by atoms with Crippen molar-refractivity contribution >= 4 is 16.6 Å². The SMILES string of the molecule is CC(=O)c1ccc(-c2ccc3ccccc3c2)[nH]c1=O. The van der Waals surface area contributed by atoms with E-state index in [9.17, 15) is 9.59 Å². The molecule has 20 heavy (non-hydrogen) atoms. The molecule has 3 aromatic rings. The summed E-state index contributed by atoms with van der Waals surface area (Å²) in [6, 6.07) is 17.4. The minimum atomic E-state index is -0.344. The van der Waals surface area contributed by atoms with Crippen LogP contribution in [0.3, 0.4) is 0 Å². The maximum absolute atomic E-state index is 11.8. The molecule has 0 amide bonds. The van der Waals surface area contributed by atoms with Crippen LogP contribution in [0.4, 0.5) is 0 Å². The molecule has 98 valence electrons. The molecule has 1 heterocycles. The molecule has 0 unspecified atom stereocenters. The van der Waals surface area contributed by atoms with Crippen molar-refractivity contribution in [2.45, 2.75) is 6.92 Å². The van der Waals surface area contributed by atoms with Crippen LogP contribution in [-0.2, 0) is 0 Å². The number of rotatable bonds is 2. The van der Waals surface area contributed by atoms with Gasteiger partial charge in [0.25, 0.3) is 5.56 Å². The van der Waals surface area contributed by atoms with Gasteiger partial charge in [-0.15, -0.1) is 0 Å². The first-order valence-corrected chi connectivity index (χ1v) is 6.38. The maximum atomic E-state index is 11.8. The first kappa shape index (κ1) is 12.4. The van der Waals surface area contributed by atoms with Gasteiger partial charge in [0.1, 0.15) is 0 Å². The van der Waals surface area contributed by atoms with Crippen LogP contribution in [0.25, 0.3) is 22.0 Å². The number of aromatic nitrogens is 1. The molecule has 0 aliphatic carbocycles. The number of hydrogen-bond acceptors (Lipinski definition) is 2. The maximum Gasteiger partial charge on any atom is 0.259 e. The van der Waals surface area contributed by atoms with E-state index in [-0.39, 0.29) is 16.9 Å². The summed E-state index contributed by atoms with van der Waals surface area (Å²) in [4.78, 5) is 25.9. The number of ketones is 1. The van der Waals surface area contributed by atoms with Gasteiger partial charge in [0.05, 0.1) is 5.56 Å². The number of carbonyl (C=O) groups excluding carboxylic acids is 1. The topological polar surface area (TPSA) is 49.9 Å². The summed E-state index contributed by atoms with van der Waals surface area (Å²) in [7, 11) is 0. The number of benzene rings is 2. The Balaban J connectivity index is 2.13. The van der Waals surface area contributed by atoms with Crippen molar-refractivity contribution in [2.75, 3.05) is 0 Å². The first-order valence-electron chi connectivity index (χ1n) is 6.38. The predicted molar refractivity (Wildman–Crippen MR) is 80.0 cm³/mol. The van der Waals surface area contributed by atoms with Crippen LogP contribution in [-0.4, -0.2) is 10.8 Å². The third-order valence-electron chi connectivity index (χ3n) is 3.35. The second kappa shape index (κ2) is 4.78. The van der Waals surface area contributed by atoms with E-state index < -0.39 is 0 Å². The molecule has 0 aliphatic heterocycles. The van der Waals surface area contributed by atoms with Gasteiger partial charge in [-0.25, -0.2) is 0 Å². The highest BCUT2D eigenvalue weighted by Crippen LogP contribution is 2.22. The van der Waals surface area contributed by atoms with Gasteiger partial charge in [0.15, 0.2) is 5.78 Å². The number of aromatic amines is 1. The third kappa shape index (κ3) is 2.14. The van der Waals surface area contributed by atoms with Gasteiger partial charge < -0.3 is 4.98 Å². The highest BCUT2D eigenvalue weighted by molar-refractivity contribution is 5.94. The first-order chi connectivity index (χ1) is 9.65. The van der Waals surface area contributed by atoms with Crippen molar-refractivity contribution in [3.63, 3.8) is 0 Å². The van der Waals surface area contributed by atoms with Crippen molar-refractivity contribution in [1.29, 1.82) is 0 Å². The molecule has 0 saturated carbocycles. The van der Waals surface area contributed by atoms with Crippen LogP contribution >= 0.6 is 0 Å². The number of nitrogens with one attached hydrogen (secondary N) is 1. The fourth-order valence-electron chi connectivity index (χ4n) is 2.28. The molecule has 0 bridgehead atoms. The largest absolute Gasteiger partial charge is 0.321 e. The average molecular weight is 263 g/mol. The Hall–Kier alpha value is -2.68. The lowest BCUT2D eigenvalue weighted by atomic mass is 10.0. The fraction of sp³-hybridized carbons (Fsp3) is 0.0588. The van der Waals surface area contributed by atoms with Crippen molar-refractivity contribution in [2.24, 2.45) is 0 Å². The fourth-order valence-corrected chi connectivity index (χ4v) is 2.28. The number of carbonyl (C=O) groups is 1. The summed E-state index contributed by atoms with van der Waals surface area (Å²) in [5.74, 6) is -0.226. The third-order valence-corrected chi connectivity index (χ3v) is 3.35. The Bertz CT molecular complexity index is 862. The van der Waals surface area contributed by atoms with Crippen molar-refractivity contribution in [3.8, 4) is 11.3 Å². The normalized spacial score (nSPS) is 10.7. The lowest BCUT2D eigenvalue weighted by Crippen LogP contribution is -2.15. The van der Waals surface area contributed by atoms with Gasteiger partial charge in [-0.05, 0) is 41.5 Å². The molecule has 0 radical (unpaired) electrons. The van der Waals surface area contributed by atoms with E-state index in [1.54, 1.807) is 12.1 Å². The highest BCUT2D eigenvalue weighted by Gasteiger charge is 2.07. The van der Waals surface area contributed by atoms with Gasteiger partial charge in [0.2, 0.25) is 0 Å². The molecule has 3 nitrogen and oxygen atoms in total. The summed E-state index contributed by atoms with van der Waals surface area (Å²) in [6.45, 7) is 1.39. The molecule has 0 fully saturated rings. The molecule has 0 saturated heterocycles. The van der Waals surface area contributed by atoms with Crippen molar-refractivity contribution in [1.82, 2.24) is 4.98 Å². The second-order valence-corrected chi connectivity index (χ2v) is 4.73. The Kier molecular flexibility index (Phi) is 2.95. The Morgan fingerprint density at radius 3 is 2.40 bits per heavy atom. The molecule has 3 heteroatoms. The minimum Gasteiger partial charge on any atom is -0.321 e. The van der Waals surface area contributed by atoms with Crippen LogP contribution in [0.1, 0.15) is 17.3 Å². The Morgan fingerprint density at radius 1 is 0.950 bits per heavy atom. The standard InChI is InChI=1S/C17H13NO2/c1-11(19)15-8-9-16(18-17(15)20)14-7-6-12-4-2-3-5-13(12)10-14/h2-10H,1H3,(H,18,20). The van der Waals surface area contributed by atoms with E-state index in [1.165, 1.54) is 6.92 Å². The monoisotopic (exact) mass is 263 g/mol. The van der Waals surface area contributed by atoms with Crippen LogP contribution in [0.15, 0.2) is 59.4 Å². The number of H-pyrrole nitrogens is 1. The molecule has 0 spiro atoms. The zero-order valence-corrected chi connectivity index (χ0v) is 11.0. The number of fused-ring (bicyclic) bond motifs is 1. The molecule has 3 rings (SSSR count). The van der Waals surface area contributed by atoms with E-state index in [0.717, 1.165) is 16.3 Å². The van der Waals surface area contributed by atoms with E-state index in [0.29, 0.717) is 5.69 Å². The highest BCUT2D eigenvalue weighted by atomic mass is 16.1. The zero-order valence-electron chi connectivity index (χ0n) is 11.0. The average Bonchev–Trinajstić information content (AvgIpc) is 2.46. The molecule has 0 aliphatic rings. The number of hydrogen-bond donors (Lipinski definition) is 1. The molecule has 1 N–H and O–H groups in total. The molecule has 0 atom stereocenters. The van der Waals surface area contributed by atoms with Crippen molar-refractivity contribution < 1.29 is 4.79 Å². The number of Topliss-reactive ketones (excluding diaryl/α,β-unsaturated/α-hetero) is 1. The Labute approximate surface area is 115 Å². The van der Waals surface area contributed by atoms with Gasteiger partial charge >= 0.3 is 0 Å². The summed E-state index contributed by atoms with van der Waals surface area (Å²) < 4.78 is 0. The smallest absolute Gasteiger partial charge is 0.259 e. The van der Waals surface area contributed by atoms with Crippen molar-refractivity contribution in [3.05, 3.63) is 70.5 Å². The van der Waals surface area contributed by atoms with Crippen LogP contribution in [0.2, 0.25) is 0 Å². The lowest BCUT2D eigenvalue weighted by molar-refractivity contribution is 0.101. The quantitative estimate of drug-likeness (QED) is 0.720. The van der Waals surface area contributed by atoms with Gasteiger partial charge in [-0.2, -0.15) is 0 Å². The van der Waals surface area contributed by atoms with Crippen LogP contribution < -0.4 is 5.56 Å². The van der Waals surface area contributed by atoms with Gasteiger partial charge in [-0.3, -0.25) is 9.59 Å². The lowest BCUT2D eigenvalue weighted by Gasteiger charge is -2.05. The van der Waals surface area contributed by atoms with Crippen LogP contribution in [0.5, 0.6) is 0 Å². The van der Waals surface area contributed by atoms with E-state index >= 15 is 0 Å². The summed E-state index contributed by atoms with van der Waals surface area (Å²) in [5, 5.41) is 2.26. The van der Waals surface area contributed by atoms with E-state index in [1.807, 2.05) is 42.5 Å². The zero-order chi connectivity index (χ0) is 14.1. The molecular weight excluding hydrogens is 250 g/mol. The van der Waals surface area contributed by atoms with Gasteiger partial charge in [-0.1, -0.05) is 36.4 Å². The molecule has 2 aromatic carbocycles. The van der Waals surface area contributed by atoms with Crippen LogP contribution in [0, 0.1) is 0 Å². The van der Waals surface area contributed by atoms with E-state index in [4.69, 9.17) is 0 Å². The van der Waals surface area contributed by atoms with E-state index in [2.05, 4.69) is 4.98 Å². The molecule has 1 aromatic heterocycles. The predicted octanol–water partition coefficient (Wildman–Crippen LogP) is 3.40.